The molecule has 2 heterocycles. The Kier molecular flexibility index (Phi) is 7.25. The number of benzene rings is 2. The second-order valence-corrected chi connectivity index (χ2v) is 8.55. The minimum absolute atomic E-state index is 0.0845. The Balaban J connectivity index is 1.27. The van der Waals surface area contributed by atoms with E-state index in [0.29, 0.717) is 0 Å². The molecule has 2 amide bonds. The first-order valence-corrected chi connectivity index (χ1v) is 11.5. The van der Waals surface area contributed by atoms with Crippen molar-refractivity contribution in [1.82, 2.24) is 10.2 Å². The molecule has 5 heteroatoms. The summed E-state index contributed by atoms with van der Waals surface area (Å²) in [6.07, 6.45) is 7.04. The molecule has 30 heavy (non-hydrogen) atoms. The van der Waals surface area contributed by atoms with Gasteiger partial charge in [-0.2, -0.15) is 0 Å². The summed E-state index contributed by atoms with van der Waals surface area (Å²) in [6, 6.07) is 19.0. The van der Waals surface area contributed by atoms with Crippen molar-refractivity contribution in [3.63, 3.8) is 0 Å². The van der Waals surface area contributed by atoms with Crippen LogP contribution < -0.4 is 15.5 Å². The van der Waals surface area contributed by atoms with E-state index in [2.05, 4.69) is 62.9 Å². The van der Waals surface area contributed by atoms with Crippen molar-refractivity contribution in [3.8, 4) is 0 Å². The zero-order valence-corrected chi connectivity index (χ0v) is 17.9. The lowest BCUT2D eigenvalue weighted by molar-refractivity contribution is 0.190. The molecule has 4 rings (SSSR count). The topological polar surface area (TPSA) is 47.6 Å². The Labute approximate surface area is 180 Å². The van der Waals surface area contributed by atoms with Crippen LogP contribution in [0.1, 0.15) is 44.1 Å². The lowest BCUT2D eigenvalue weighted by Gasteiger charge is -2.32. The van der Waals surface area contributed by atoms with Crippen LogP contribution in [0.4, 0.5) is 16.2 Å². The second kappa shape index (κ2) is 10.5. The summed E-state index contributed by atoms with van der Waals surface area (Å²) < 4.78 is 0. The first-order chi connectivity index (χ1) is 14.8. The van der Waals surface area contributed by atoms with Gasteiger partial charge in [-0.15, -0.1) is 0 Å². The predicted octanol–water partition coefficient (Wildman–Crippen LogP) is 4.85. The molecule has 2 aromatic rings. The highest BCUT2D eigenvalue weighted by Crippen LogP contribution is 2.28. The fourth-order valence-corrected chi connectivity index (χ4v) is 4.59. The van der Waals surface area contributed by atoms with Crippen molar-refractivity contribution < 1.29 is 4.79 Å². The van der Waals surface area contributed by atoms with Gasteiger partial charge in [0.15, 0.2) is 0 Å². The van der Waals surface area contributed by atoms with Gasteiger partial charge < -0.3 is 15.5 Å². The third-order valence-corrected chi connectivity index (χ3v) is 6.27. The van der Waals surface area contributed by atoms with Crippen molar-refractivity contribution in [1.29, 1.82) is 0 Å². The van der Waals surface area contributed by atoms with Gasteiger partial charge in [-0.1, -0.05) is 55.3 Å². The van der Waals surface area contributed by atoms with Crippen molar-refractivity contribution >= 4 is 17.4 Å². The van der Waals surface area contributed by atoms with Crippen LogP contribution in [0.25, 0.3) is 0 Å². The number of nitrogens with one attached hydrogen (secondary N) is 2. The van der Waals surface area contributed by atoms with Gasteiger partial charge in [0.25, 0.3) is 0 Å². The third kappa shape index (κ3) is 5.76. The first-order valence-electron chi connectivity index (χ1n) is 11.5. The molecular weight excluding hydrogens is 372 g/mol. The quantitative estimate of drug-likeness (QED) is 0.746. The van der Waals surface area contributed by atoms with Crippen molar-refractivity contribution in [2.24, 2.45) is 0 Å². The molecule has 2 N–H and O–H groups in total. The van der Waals surface area contributed by atoms with E-state index in [9.17, 15) is 4.79 Å². The molecule has 2 saturated heterocycles. The molecule has 0 unspecified atom stereocenters. The number of hydrogen-bond donors (Lipinski definition) is 2. The highest BCUT2D eigenvalue weighted by molar-refractivity contribution is 5.93. The number of rotatable bonds is 5. The summed E-state index contributed by atoms with van der Waals surface area (Å²) in [5, 5.41) is 6.32. The summed E-state index contributed by atoms with van der Waals surface area (Å²) in [7, 11) is 0. The van der Waals surface area contributed by atoms with Crippen molar-refractivity contribution in [3.05, 3.63) is 60.2 Å². The standard InChI is InChI=1S/C25H34N4O/c30-25(26-22-14-18-28(19-15-22)20-21-10-4-3-5-11-21)27-23-12-6-7-13-24(23)29-16-8-1-2-9-17-29/h3-7,10-13,22H,1-2,8-9,14-20H2,(H2,26,27,30). The first kappa shape index (κ1) is 20.7. The number of carbonyl (C=O) groups excluding carboxylic acids is 1. The van der Waals surface area contributed by atoms with E-state index in [1.54, 1.807) is 0 Å². The Morgan fingerprint density at radius 1 is 0.833 bits per heavy atom. The molecule has 2 aliphatic heterocycles. The zero-order chi connectivity index (χ0) is 20.6. The van der Waals surface area contributed by atoms with Crippen LogP contribution in [-0.4, -0.2) is 43.2 Å². The van der Waals surface area contributed by atoms with Gasteiger partial charge >= 0.3 is 6.03 Å². The SMILES string of the molecule is O=C(Nc1ccccc1N1CCCCCC1)NC1CCN(Cc2ccccc2)CC1. The number of nitrogens with zero attached hydrogens (tertiary/aromatic N) is 2. The molecule has 0 atom stereocenters. The largest absolute Gasteiger partial charge is 0.370 e. The Morgan fingerprint density at radius 3 is 2.23 bits per heavy atom. The summed E-state index contributed by atoms with van der Waals surface area (Å²) in [5.74, 6) is 0. The Bertz CT molecular complexity index is 794. The van der Waals surface area contributed by atoms with E-state index in [0.717, 1.165) is 56.9 Å². The van der Waals surface area contributed by atoms with E-state index in [1.165, 1.54) is 31.2 Å². The lowest BCUT2D eigenvalue weighted by atomic mass is 10.0. The molecule has 160 valence electrons. The third-order valence-electron chi connectivity index (χ3n) is 6.27. The molecule has 0 aliphatic carbocycles. The number of anilines is 2. The predicted molar refractivity (Wildman–Crippen MR) is 124 cm³/mol. The maximum absolute atomic E-state index is 12.7. The lowest BCUT2D eigenvalue weighted by Crippen LogP contribution is -2.45. The number of piperidine rings is 1. The van der Waals surface area contributed by atoms with Crippen LogP contribution in [0.3, 0.4) is 0 Å². The number of para-hydroxylation sites is 2. The van der Waals surface area contributed by atoms with Gasteiger partial charge in [-0.25, -0.2) is 4.79 Å². The molecule has 0 spiro atoms. The highest BCUT2D eigenvalue weighted by Gasteiger charge is 2.21. The molecule has 2 aliphatic rings. The number of hydrogen-bond acceptors (Lipinski definition) is 3. The van der Waals surface area contributed by atoms with Crippen LogP contribution in [0, 0.1) is 0 Å². The molecular formula is C25H34N4O. The van der Waals surface area contributed by atoms with Crippen LogP contribution in [-0.2, 0) is 6.54 Å². The highest BCUT2D eigenvalue weighted by atomic mass is 16.2. The van der Waals surface area contributed by atoms with Gasteiger partial charge in [-0.05, 0) is 43.4 Å². The van der Waals surface area contributed by atoms with Gasteiger partial charge in [-0.3, -0.25) is 4.90 Å². The molecule has 5 nitrogen and oxygen atoms in total. The van der Waals surface area contributed by atoms with E-state index in [1.807, 2.05) is 12.1 Å². The molecule has 0 bridgehead atoms. The molecule has 0 aromatic heterocycles. The summed E-state index contributed by atoms with van der Waals surface area (Å²) >= 11 is 0. The fraction of sp³-hybridized carbons (Fsp3) is 0.480. The maximum Gasteiger partial charge on any atom is 0.319 e. The normalized spacial score (nSPS) is 18.6. The summed E-state index contributed by atoms with van der Waals surface area (Å²) in [5.41, 5.74) is 3.41. The van der Waals surface area contributed by atoms with Gasteiger partial charge in [0, 0.05) is 38.8 Å². The van der Waals surface area contributed by atoms with E-state index >= 15 is 0 Å². The van der Waals surface area contributed by atoms with Gasteiger partial charge in [0.2, 0.25) is 0 Å². The monoisotopic (exact) mass is 406 g/mol. The smallest absolute Gasteiger partial charge is 0.319 e. The van der Waals surface area contributed by atoms with Crippen LogP contribution in [0.2, 0.25) is 0 Å². The molecule has 2 fully saturated rings. The Hall–Kier alpha value is -2.53. The summed E-state index contributed by atoms with van der Waals surface area (Å²) in [6.45, 7) is 5.16. The molecule has 2 aromatic carbocycles. The maximum atomic E-state index is 12.7. The molecule has 0 saturated carbocycles. The number of likely N-dealkylation sites (tertiary alicyclic amines) is 1. The van der Waals surface area contributed by atoms with Gasteiger partial charge in [0.05, 0.1) is 11.4 Å². The van der Waals surface area contributed by atoms with E-state index in [-0.39, 0.29) is 12.1 Å². The number of urea groups is 1. The Morgan fingerprint density at radius 2 is 1.50 bits per heavy atom. The molecule has 0 radical (unpaired) electrons. The average Bonchev–Trinajstić information content (AvgIpc) is 3.06. The number of carbonyl (C=O) groups is 1. The minimum atomic E-state index is -0.0845. The van der Waals surface area contributed by atoms with Crippen LogP contribution >= 0.6 is 0 Å². The van der Waals surface area contributed by atoms with E-state index in [4.69, 9.17) is 0 Å². The second-order valence-electron chi connectivity index (χ2n) is 8.55. The summed E-state index contributed by atoms with van der Waals surface area (Å²) in [4.78, 5) is 17.6. The zero-order valence-electron chi connectivity index (χ0n) is 17.9. The van der Waals surface area contributed by atoms with Gasteiger partial charge in [0.1, 0.15) is 0 Å². The minimum Gasteiger partial charge on any atom is -0.370 e. The van der Waals surface area contributed by atoms with Crippen LogP contribution in [0.5, 0.6) is 0 Å². The van der Waals surface area contributed by atoms with Crippen molar-refractivity contribution in [2.75, 3.05) is 36.4 Å². The fourth-order valence-electron chi connectivity index (χ4n) is 4.59. The van der Waals surface area contributed by atoms with Crippen LogP contribution in [0.15, 0.2) is 54.6 Å². The van der Waals surface area contributed by atoms with Crippen molar-refractivity contribution in [2.45, 2.75) is 51.1 Å². The average molecular weight is 407 g/mol. The van der Waals surface area contributed by atoms with E-state index < -0.39 is 0 Å². The number of amides is 2.